The van der Waals surface area contributed by atoms with Crippen LogP contribution in [0.3, 0.4) is 0 Å². The minimum absolute atomic E-state index is 0.00972. The van der Waals surface area contributed by atoms with Gasteiger partial charge in [-0.05, 0) is 68.4 Å². The number of carbonyl (C=O) groups excluding carboxylic acids is 2. The maximum Gasteiger partial charge on any atom is 0.262 e. The number of sulfonamides is 1. The molecule has 2 saturated heterocycles. The van der Waals surface area contributed by atoms with Gasteiger partial charge in [-0.1, -0.05) is 0 Å². The molecule has 182 valence electrons. The van der Waals surface area contributed by atoms with Crippen LogP contribution in [0, 0.1) is 0 Å². The van der Waals surface area contributed by atoms with E-state index >= 15 is 0 Å². The van der Waals surface area contributed by atoms with Crippen LogP contribution in [0.15, 0.2) is 53.4 Å². The van der Waals surface area contributed by atoms with Gasteiger partial charge in [-0.2, -0.15) is 4.31 Å². The quantitative estimate of drug-likeness (QED) is 0.642. The highest BCUT2D eigenvalue weighted by atomic mass is 32.2. The van der Waals surface area contributed by atoms with Crippen molar-refractivity contribution >= 4 is 27.5 Å². The summed E-state index contributed by atoms with van der Waals surface area (Å²) in [5.74, 6) is 0.0417. The number of anilines is 1. The molecule has 2 aromatic rings. The highest BCUT2D eigenvalue weighted by molar-refractivity contribution is 7.89. The van der Waals surface area contributed by atoms with Crippen LogP contribution < -0.4 is 10.1 Å². The maximum atomic E-state index is 12.6. The third-order valence-electron chi connectivity index (χ3n) is 6.10. The summed E-state index contributed by atoms with van der Waals surface area (Å²) in [6, 6.07) is 12.9. The summed E-state index contributed by atoms with van der Waals surface area (Å²) >= 11 is 0. The molecule has 2 aliphatic rings. The standard InChI is InChI=1S/C24H30N4O5S/c1-26-14-16-27(17-15-26)24(30)19-4-6-20(7-5-19)25-23(29)18-33-21-8-10-22(11-9-21)34(31,32)28-12-2-3-13-28/h4-11H,2-3,12-18H2,1H3,(H,25,29). The molecule has 2 fully saturated rings. The van der Waals surface area contributed by atoms with E-state index in [0.29, 0.717) is 43.2 Å². The van der Waals surface area contributed by atoms with Crippen LogP contribution in [0.4, 0.5) is 5.69 Å². The van der Waals surface area contributed by atoms with Crippen LogP contribution in [0.1, 0.15) is 23.2 Å². The Balaban J connectivity index is 1.26. The molecule has 4 rings (SSSR count). The molecule has 2 aliphatic heterocycles. The molecule has 0 spiro atoms. The molecule has 2 amide bonds. The van der Waals surface area contributed by atoms with Crippen LogP contribution in [-0.2, 0) is 14.8 Å². The first kappa shape index (κ1) is 24.2. The minimum Gasteiger partial charge on any atom is -0.484 e. The second-order valence-electron chi connectivity index (χ2n) is 8.59. The van der Waals surface area contributed by atoms with Gasteiger partial charge in [-0.3, -0.25) is 9.59 Å². The fraction of sp³-hybridized carbons (Fsp3) is 0.417. The molecule has 0 bridgehead atoms. The Morgan fingerprint density at radius 2 is 1.50 bits per heavy atom. The van der Waals surface area contributed by atoms with Crippen molar-refractivity contribution in [1.29, 1.82) is 0 Å². The fourth-order valence-electron chi connectivity index (χ4n) is 4.02. The van der Waals surface area contributed by atoms with Crippen molar-refractivity contribution in [2.75, 3.05) is 58.2 Å². The molecule has 9 nitrogen and oxygen atoms in total. The molecule has 0 unspecified atom stereocenters. The van der Waals surface area contributed by atoms with Crippen LogP contribution in [0.5, 0.6) is 5.75 Å². The fourth-order valence-corrected chi connectivity index (χ4v) is 5.54. The third kappa shape index (κ3) is 5.75. The molecular weight excluding hydrogens is 456 g/mol. The van der Waals surface area contributed by atoms with E-state index in [1.54, 1.807) is 36.4 Å². The number of benzene rings is 2. The molecule has 34 heavy (non-hydrogen) atoms. The summed E-state index contributed by atoms with van der Waals surface area (Å²) in [5.41, 5.74) is 1.15. The van der Waals surface area contributed by atoms with Gasteiger partial charge < -0.3 is 19.9 Å². The number of rotatable bonds is 7. The van der Waals surface area contributed by atoms with Crippen molar-refractivity contribution in [3.05, 3.63) is 54.1 Å². The molecular formula is C24H30N4O5S. The average molecular weight is 487 g/mol. The number of ether oxygens (including phenoxy) is 1. The number of amides is 2. The number of carbonyl (C=O) groups is 2. The van der Waals surface area contributed by atoms with Gasteiger partial charge in [0.15, 0.2) is 6.61 Å². The minimum atomic E-state index is -3.48. The summed E-state index contributed by atoms with van der Waals surface area (Å²) in [6.07, 6.45) is 1.76. The number of nitrogens with zero attached hydrogens (tertiary/aromatic N) is 3. The summed E-state index contributed by atoms with van der Waals surface area (Å²) < 4.78 is 32.1. The first-order valence-electron chi connectivity index (χ1n) is 11.4. The van der Waals surface area contributed by atoms with Crippen molar-refractivity contribution in [1.82, 2.24) is 14.1 Å². The van der Waals surface area contributed by atoms with E-state index in [4.69, 9.17) is 4.74 Å². The zero-order valence-corrected chi connectivity index (χ0v) is 20.1. The zero-order valence-electron chi connectivity index (χ0n) is 19.3. The lowest BCUT2D eigenvalue weighted by molar-refractivity contribution is -0.118. The lowest BCUT2D eigenvalue weighted by Crippen LogP contribution is -2.47. The second kappa shape index (κ2) is 10.5. The number of hydrogen-bond acceptors (Lipinski definition) is 6. The predicted molar refractivity (Wildman–Crippen MR) is 128 cm³/mol. The topological polar surface area (TPSA) is 99.3 Å². The van der Waals surface area contributed by atoms with Gasteiger partial charge in [0.25, 0.3) is 11.8 Å². The van der Waals surface area contributed by atoms with Crippen molar-refractivity contribution in [2.45, 2.75) is 17.7 Å². The maximum absolute atomic E-state index is 12.6. The van der Waals surface area contributed by atoms with Gasteiger partial charge in [0.2, 0.25) is 10.0 Å². The SMILES string of the molecule is CN1CCN(C(=O)c2ccc(NC(=O)COc3ccc(S(=O)(=O)N4CCCC4)cc3)cc2)CC1. The summed E-state index contributed by atoms with van der Waals surface area (Å²) in [5, 5.41) is 2.74. The average Bonchev–Trinajstić information content (AvgIpc) is 3.40. The highest BCUT2D eigenvalue weighted by Crippen LogP contribution is 2.23. The van der Waals surface area contributed by atoms with Gasteiger partial charge in [-0.15, -0.1) is 0 Å². The van der Waals surface area contributed by atoms with Gasteiger partial charge >= 0.3 is 0 Å². The number of likely N-dealkylation sites (N-methyl/N-ethyl adjacent to an activating group) is 1. The van der Waals surface area contributed by atoms with Crippen molar-refractivity contribution in [3.63, 3.8) is 0 Å². The van der Waals surface area contributed by atoms with E-state index < -0.39 is 10.0 Å². The molecule has 0 radical (unpaired) electrons. The van der Waals surface area contributed by atoms with Crippen LogP contribution in [-0.4, -0.2) is 87.3 Å². The Morgan fingerprint density at radius 3 is 2.12 bits per heavy atom. The normalized spacial score (nSPS) is 17.5. The Kier molecular flexibility index (Phi) is 7.50. The van der Waals surface area contributed by atoms with Gasteiger partial charge in [0.05, 0.1) is 4.90 Å². The Labute approximate surface area is 200 Å². The second-order valence-corrected chi connectivity index (χ2v) is 10.5. The number of piperazine rings is 1. The number of nitrogens with one attached hydrogen (secondary N) is 1. The van der Waals surface area contributed by atoms with Crippen LogP contribution >= 0.6 is 0 Å². The van der Waals surface area contributed by atoms with Crippen LogP contribution in [0.2, 0.25) is 0 Å². The van der Waals surface area contributed by atoms with E-state index in [0.717, 1.165) is 25.9 Å². The monoisotopic (exact) mass is 486 g/mol. The molecule has 0 saturated carbocycles. The van der Waals surface area contributed by atoms with Crippen molar-refractivity contribution in [2.24, 2.45) is 0 Å². The Morgan fingerprint density at radius 1 is 0.882 bits per heavy atom. The molecule has 1 N–H and O–H groups in total. The van der Waals surface area contributed by atoms with E-state index in [9.17, 15) is 18.0 Å². The molecule has 0 aromatic heterocycles. The van der Waals surface area contributed by atoms with E-state index in [1.807, 2.05) is 11.9 Å². The summed E-state index contributed by atoms with van der Waals surface area (Å²) in [7, 11) is -1.44. The largest absolute Gasteiger partial charge is 0.484 e. The highest BCUT2D eigenvalue weighted by Gasteiger charge is 2.27. The summed E-state index contributed by atoms with van der Waals surface area (Å²) in [4.78, 5) is 29.1. The Bertz CT molecular complexity index is 1110. The zero-order chi connectivity index (χ0) is 24.1. The molecule has 2 aromatic carbocycles. The lowest BCUT2D eigenvalue weighted by Gasteiger charge is -2.32. The summed E-state index contributed by atoms with van der Waals surface area (Å²) in [6.45, 7) is 4.00. The smallest absolute Gasteiger partial charge is 0.262 e. The van der Waals surface area contributed by atoms with E-state index in [-0.39, 0.29) is 23.3 Å². The third-order valence-corrected chi connectivity index (χ3v) is 8.02. The number of hydrogen-bond donors (Lipinski definition) is 1. The van der Waals surface area contributed by atoms with Gasteiger partial charge in [-0.25, -0.2) is 8.42 Å². The predicted octanol–water partition coefficient (Wildman–Crippen LogP) is 1.88. The van der Waals surface area contributed by atoms with E-state index in [2.05, 4.69) is 10.2 Å². The van der Waals surface area contributed by atoms with Gasteiger partial charge in [0, 0.05) is 50.5 Å². The van der Waals surface area contributed by atoms with E-state index in [1.165, 1.54) is 16.4 Å². The van der Waals surface area contributed by atoms with Crippen LogP contribution in [0.25, 0.3) is 0 Å². The molecule has 0 aliphatic carbocycles. The Hall–Kier alpha value is -2.95. The van der Waals surface area contributed by atoms with Gasteiger partial charge in [0.1, 0.15) is 5.75 Å². The molecule has 0 atom stereocenters. The van der Waals surface area contributed by atoms with Crippen molar-refractivity contribution < 1.29 is 22.7 Å². The lowest BCUT2D eigenvalue weighted by atomic mass is 10.1. The van der Waals surface area contributed by atoms with Crippen molar-refractivity contribution in [3.8, 4) is 5.75 Å². The molecule has 2 heterocycles. The first-order chi connectivity index (χ1) is 16.3. The first-order valence-corrected chi connectivity index (χ1v) is 12.9. The molecule has 10 heteroatoms.